The van der Waals surface area contributed by atoms with Crippen LogP contribution in [0.15, 0.2) is 34.9 Å². The number of pyridine rings is 1. The fourth-order valence-electron chi connectivity index (χ4n) is 3.24. The van der Waals surface area contributed by atoms with E-state index in [4.69, 9.17) is 9.47 Å². The predicted molar refractivity (Wildman–Crippen MR) is 113 cm³/mol. The number of halogens is 1. The standard InChI is InChI=1S/C21H24BrN3O3/c1-5-16-19(25-12-15(22)10-13(2)20(25)24-16)21(26)23-9-8-14-6-7-17(27-3)18(11-14)28-4/h6-7,10-12H,5,8-9H2,1-4H3,(H,23,26). The van der Waals surface area contributed by atoms with Gasteiger partial charge in [-0.1, -0.05) is 13.0 Å². The lowest BCUT2D eigenvalue weighted by Crippen LogP contribution is -2.27. The van der Waals surface area contributed by atoms with Crippen molar-refractivity contribution in [2.45, 2.75) is 26.7 Å². The van der Waals surface area contributed by atoms with Gasteiger partial charge in [-0.15, -0.1) is 0 Å². The zero-order chi connectivity index (χ0) is 20.3. The van der Waals surface area contributed by atoms with E-state index in [-0.39, 0.29) is 5.91 Å². The van der Waals surface area contributed by atoms with Crippen LogP contribution in [0.3, 0.4) is 0 Å². The first-order valence-electron chi connectivity index (χ1n) is 9.14. The highest BCUT2D eigenvalue weighted by atomic mass is 79.9. The SMILES string of the molecule is CCc1nc2c(C)cc(Br)cn2c1C(=O)NCCc1ccc(OC)c(OC)c1. The van der Waals surface area contributed by atoms with Gasteiger partial charge in [-0.05, 0) is 65.0 Å². The molecule has 0 unspecified atom stereocenters. The number of aryl methyl sites for hydroxylation is 2. The summed E-state index contributed by atoms with van der Waals surface area (Å²) in [7, 11) is 3.22. The van der Waals surface area contributed by atoms with Gasteiger partial charge >= 0.3 is 0 Å². The molecular weight excluding hydrogens is 422 g/mol. The minimum Gasteiger partial charge on any atom is -0.493 e. The van der Waals surface area contributed by atoms with Crippen molar-refractivity contribution in [3.63, 3.8) is 0 Å². The topological polar surface area (TPSA) is 64.9 Å². The first-order chi connectivity index (χ1) is 13.5. The van der Waals surface area contributed by atoms with Gasteiger partial charge in [-0.2, -0.15) is 0 Å². The van der Waals surface area contributed by atoms with Crippen LogP contribution in [0.4, 0.5) is 0 Å². The molecule has 0 radical (unpaired) electrons. The van der Waals surface area contributed by atoms with Crippen LogP contribution in [0.2, 0.25) is 0 Å². The van der Waals surface area contributed by atoms with E-state index < -0.39 is 0 Å². The quantitative estimate of drug-likeness (QED) is 0.597. The van der Waals surface area contributed by atoms with Crippen LogP contribution in [0.25, 0.3) is 5.65 Å². The Kier molecular flexibility index (Phi) is 6.24. The van der Waals surface area contributed by atoms with Crippen LogP contribution < -0.4 is 14.8 Å². The molecule has 148 valence electrons. The Hall–Kier alpha value is -2.54. The molecule has 0 saturated carbocycles. The molecule has 0 saturated heterocycles. The number of nitrogens with one attached hydrogen (secondary N) is 1. The van der Waals surface area contributed by atoms with Gasteiger partial charge in [0.05, 0.1) is 19.9 Å². The van der Waals surface area contributed by atoms with Crippen LogP contribution in [0.5, 0.6) is 11.5 Å². The van der Waals surface area contributed by atoms with E-state index >= 15 is 0 Å². The molecule has 6 nitrogen and oxygen atoms in total. The second-order valence-electron chi connectivity index (χ2n) is 6.49. The molecule has 3 rings (SSSR count). The molecule has 1 N–H and O–H groups in total. The molecule has 1 amide bonds. The smallest absolute Gasteiger partial charge is 0.270 e. The number of fused-ring (bicyclic) bond motifs is 1. The Balaban J connectivity index is 1.77. The third-order valence-electron chi connectivity index (χ3n) is 4.64. The van der Waals surface area contributed by atoms with Gasteiger partial charge in [0.25, 0.3) is 5.91 Å². The number of hydrogen-bond acceptors (Lipinski definition) is 4. The third-order valence-corrected chi connectivity index (χ3v) is 5.07. The Labute approximate surface area is 173 Å². The van der Waals surface area contributed by atoms with Crippen molar-refractivity contribution in [1.29, 1.82) is 0 Å². The van der Waals surface area contributed by atoms with Crippen molar-refractivity contribution in [3.05, 3.63) is 57.4 Å². The van der Waals surface area contributed by atoms with Gasteiger partial charge in [-0.3, -0.25) is 9.20 Å². The molecule has 3 aromatic rings. The highest BCUT2D eigenvalue weighted by Crippen LogP contribution is 2.27. The maximum absolute atomic E-state index is 12.9. The van der Waals surface area contributed by atoms with Gasteiger partial charge < -0.3 is 14.8 Å². The average Bonchev–Trinajstić information content (AvgIpc) is 3.06. The van der Waals surface area contributed by atoms with Crippen LogP contribution >= 0.6 is 15.9 Å². The van der Waals surface area contributed by atoms with Crippen LogP contribution in [0, 0.1) is 6.92 Å². The molecule has 1 aromatic carbocycles. The molecule has 7 heteroatoms. The maximum atomic E-state index is 12.9. The molecule has 28 heavy (non-hydrogen) atoms. The van der Waals surface area contributed by atoms with Crippen molar-refractivity contribution < 1.29 is 14.3 Å². The number of carbonyl (C=O) groups is 1. The number of rotatable bonds is 7. The summed E-state index contributed by atoms with van der Waals surface area (Å²) in [5, 5.41) is 3.02. The second-order valence-corrected chi connectivity index (χ2v) is 7.41. The number of imidazole rings is 1. The van der Waals surface area contributed by atoms with Gasteiger partial charge in [0.1, 0.15) is 11.3 Å². The van der Waals surface area contributed by atoms with Crippen molar-refractivity contribution >= 4 is 27.5 Å². The fourth-order valence-corrected chi connectivity index (χ4v) is 3.79. The summed E-state index contributed by atoms with van der Waals surface area (Å²) in [5.41, 5.74) is 4.28. The zero-order valence-corrected chi connectivity index (χ0v) is 18.1. The van der Waals surface area contributed by atoms with E-state index in [1.165, 1.54) is 0 Å². The number of amides is 1. The largest absolute Gasteiger partial charge is 0.493 e. The first kappa shape index (κ1) is 20.2. The van der Waals surface area contributed by atoms with E-state index in [1.807, 2.05) is 48.7 Å². The van der Waals surface area contributed by atoms with E-state index in [1.54, 1.807) is 14.2 Å². The summed E-state index contributed by atoms with van der Waals surface area (Å²) in [5.74, 6) is 1.25. The minimum atomic E-state index is -0.123. The predicted octanol–water partition coefficient (Wildman–Crippen LogP) is 3.96. The Morgan fingerprint density at radius 3 is 2.64 bits per heavy atom. The summed E-state index contributed by atoms with van der Waals surface area (Å²) in [4.78, 5) is 17.6. The molecule has 0 bridgehead atoms. The number of carbonyl (C=O) groups excluding carboxylic acids is 1. The second kappa shape index (κ2) is 8.65. The van der Waals surface area contributed by atoms with Gasteiger partial charge in [0.15, 0.2) is 11.5 Å². The van der Waals surface area contributed by atoms with E-state index in [2.05, 4.69) is 26.2 Å². The summed E-state index contributed by atoms with van der Waals surface area (Å²) >= 11 is 3.50. The molecule has 0 fully saturated rings. The number of ether oxygens (including phenoxy) is 2. The van der Waals surface area contributed by atoms with Crippen molar-refractivity contribution in [3.8, 4) is 11.5 Å². The number of nitrogens with zero attached hydrogens (tertiary/aromatic N) is 2. The first-order valence-corrected chi connectivity index (χ1v) is 9.94. The summed E-state index contributed by atoms with van der Waals surface area (Å²) in [6.07, 6.45) is 3.27. The molecule has 0 aliphatic rings. The maximum Gasteiger partial charge on any atom is 0.270 e. The van der Waals surface area contributed by atoms with Crippen molar-refractivity contribution in [1.82, 2.24) is 14.7 Å². The molecule has 2 aromatic heterocycles. The Morgan fingerprint density at radius 2 is 1.96 bits per heavy atom. The summed E-state index contributed by atoms with van der Waals surface area (Å²) < 4.78 is 13.4. The number of benzene rings is 1. The normalized spacial score (nSPS) is 10.9. The fraction of sp³-hybridized carbons (Fsp3) is 0.333. The van der Waals surface area contributed by atoms with Crippen LogP contribution in [-0.2, 0) is 12.8 Å². The highest BCUT2D eigenvalue weighted by molar-refractivity contribution is 9.10. The summed E-state index contributed by atoms with van der Waals surface area (Å²) in [6, 6.07) is 7.77. The molecule has 0 aliphatic heterocycles. The van der Waals surface area contributed by atoms with Crippen LogP contribution in [0.1, 0.15) is 34.2 Å². The number of methoxy groups -OCH3 is 2. The lowest BCUT2D eigenvalue weighted by atomic mass is 10.1. The minimum absolute atomic E-state index is 0.123. The highest BCUT2D eigenvalue weighted by Gasteiger charge is 2.19. The Bertz CT molecular complexity index is 1010. The Morgan fingerprint density at radius 1 is 1.21 bits per heavy atom. The molecule has 0 spiro atoms. The van der Waals surface area contributed by atoms with E-state index in [9.17, 15) is 4.79 Å². The molecule has 0 atom stereocenters. The van der Waals surface area contributed by atoms with Crippen molar-refractivity contribution in [2.75, 3.05) is 20.8 Å². The van der Waals surface area contributed by atoms with Gasteiger partial charge in [0, 0.05) is 17.2 Å². The molecule has 2 heterocycles. The van der Waals surface area contributed by atoms with Gasteiger partial charge in [-0.25, -0.2) is 4.98 Å². The third kappa shape index (κ3) is 3.99. The number of aromatic nitrogens is 2. The molecule has 0 aliphatic carbocycles. The van der Waals surface area contributed by atoms with E-state index in [0.29, 0.717) is 36.6 Å². The summed E-state index contributed by atoms with van der Waals surface area (Å²) in [6.45, 7) is 4.51. The lowest BCUT2D eigenvalue weighted by Gasteiger charge is -2.10. The van der Waals surface area contributed by atoms with Crippen LogP contribution in [-0.4, -0.2) is 36.1 Å². The molecular formula is C21H24BrN3O3. The monoisotopic (exact) mass is 445 g/mol. The number of hydrogen-bond donors (Lipinski definition) is 1. The zero-order valence-electron chi connectivity index (χ0n) is 16.5. The van der Waals surface area contributed by atoms with Crippen molar-refractivity contribution in [2.24, 2.45) is 0 Å². The van der Waals surface area contributed by atoms with Gasteiger partial charge in [0.2, 0.25) is 0 Å². The lowest BCUT2D eigenvalue weighted by molar-refractivity contribution is 0.0947. The average molecular weight is 446 g/mol. The van der Waals surface area contributed by atoms with E-state index in [0.717, 1.165) is 26.9 Å².